The smallest absolute Gasteiger partial charge is 0.237 e. The Bertz CT molecular complexity index is 529. The Hall–Kier alpha value is -1.75. The predicted molar refractivity (Wildman–Crippen MR) is 91.0 cm³/mol. The van der Waals surface area contributed by atoms with Crippen molar-refractivity contribution in [3.63, 3.8) is 0 Å². The monoisotopic (exact) mass is 320 g/mol. The highest BCUT2D eigenvalue weighted by Gasteiger charge is 2.26. The molecule has 1 saturated carbocycles. The van der Waals surface area contributed by atoms with Crippen LogP contribution < -0.4 is 20.1 Å². The summed E-state index contributed by atoms with van der Waals surface area (Å²) < 4.78 is 11.2. The Balaban J connectivity index is 2.00. The maximum Gasteiger partial charge on any atom is 0.237 e. The van der Waals surface area contributed by atoms with E-state index in [1.54, 1.807) is 0 Å². The summed E-state index contributed by atoms with van der Waals surface area (Å²) in [6.07, 6.45) is 2.20. The van der Waals surface area contributed by atoms with Crippen LogP contribution in [0.2, 0.25) is 0 Å². The van der Waals surface area contributed by atoms with E-state index in [9.17, 15) is 4.79 Å². The van der Waals surface area contributed by atoms with E-state index < -0.39 is 0 Å². The quantitative estimate of drug-likeness (QED) is 0.734. The summed E-state index contributed by atoms with van der Waals surface area (Å²) in [5.74, 6) is 1.57. The minimum Gasteiger partial charge on any atom is -0.490 e. The summed E-state index contributed by atoms with van der Waals surface area (Å²) in [5, 5.41) is 6.36. The number of amides is 1. The van der Waals surface area contributed by atoms with Crippen LogP contribution in [0.1, 0.15) is 52.1 Å². The van der Waals surface area contributed by atoms with E-state index in [-0.39, 0.29) is 18.0 Å². The lowest BCUT2D eigenvalue weighted by molar-refractivity contribution is -0.123. The topological polar surface area (TPSA) is 59.6 Å². The zero-order chi connectivity index (χ0) is 16.8. The lowest BCUT2D eigenvalue weighted by Crippen LogP contribution is -2.43. The third kappa shape index (κ3) is 5.13. The Kier molecular flexibility index (Phi) is 6.28. The Morgan fingerprint density at radius 3 is 2.43 bits per heavy atom. The fourth-order valence-electron chi connectivity index (χ4n) is 2.44. The van der Waals surface area contributed by atoms with Gasteiger partial charge in [-0.15, -0.1) is 0 Å². The van der Waals surface area contributed by atoms with Gasteiger partial charge in [-0.3, -0.25) is 10.1 Å². The van der Waals surface area contributed by atoms with Gasteiger partial charge in [0.1, 0.15) is 0 Å². The average molecular weight is 320 g/mol. The van der Waals surface area contributed by atoms with E-state index in [1.807, 2.05) is 45.9 Å². The van der Waals surface area contributed by atoms with Crippen molar-refractivity contribution in [2.75, 3.05) is 13.2 Å². The van der Waals surface area contributed by atoms with Gasteiger partial charge in [0.25, 0.3) is 0 Å². The average Bonchev–Trinajstić information content (AvgIpc) is 3.33. The van der Waals surface area contributed by atoms with Crippen molar-refractivity contribution in [2.24, 2.45) is 0 Å². The molecular formula is C18H28N2O3. The highest BCUT2D eigenvalue weighted by Crippen LogP contribution is 2.30. The normalized spacial score (nSPS) is 16.5. The summed E-state index contributed by atoms with van der Waals surface area (Å²) in [5.41, 5.74) is 1.07. The molecule has 5 heteroatoms. The minimum atomic E-state index is -0.229. The SMILES string of the molecule is CCOc1ccc([C@H](C)N[C@@H](C)C(=O)NC2CC2)cc1OCC. The van der Waals surface area contributed by atoms with Crippen LogP contribution in [0.25, 0.3) is 0 Å². The Labute approximate surface area is 138 Å². The van der Waals surface area contributed by atoms with Gasteiger partial charge in [-0.25, -0.2) is 0 Å². The second kappa shape index (κ2) is 8.20. The minimum absolute atomic E-state index is 0.0461. The van der Waals surface area contributed by atoms with Gasteiger partial charge in [0.2, 0.25) is 5.91 Å². The van der Waals surface area contributed by atoms with Gasteiger partial charge >= 0.3 is 0 Å². The zero-order valence-corrected chi connectivity index (χ0v) is 14.5. The zero-order valence-electron chi connectivity index (χ0n) is 14.5. The molecule has 0 aliphatic heterocycles. The van der Waals surface area contributed by atoms with Crippen LogP contribution in [0, 0.1) is 0 Å². The molecule has 1 aliphatic rings. The third-order valence-electron chi connectivity index (χ3n) is 3.88. The number of nitrogens with one attached hydrogen (secondary N) is 2. The van der Waals surface area contributed by atoms with Gasteiger partial charge in [0.15, 0.2) is 11.5 Å². The highest BCUT2D eigenvalue weighted by atomic mass is 16.5. The fraction of sp³-hybridized carbons (Fsp3) is 0.611. The van der Waals surface area contributed by atoms with Crippen molar-refractivity contribution >= 4 is 5.91 Å². The van der Waals surface area contributed by atoms with Crippen LogP contribution in [-0.2, 0) is 4.79 Å². The number of hydrogen-bond acceptors (Lipinski definition) is 4. The molecule has 0 radical (unpaired) electrons. The van der Waals surface area contributed by atoms with Crippen LogP contribution in [0.5, 0.6) is 11.5 Å². The van der Waals surface area contributed by atoms with Gasteiger partial charge in [-0.2, -0.15) is 0 Å². The molecule has 1 aromatic rings. The molecule has 1 aliphatic carbocycles. The maximum absolute atomic E-state index is 12.1. The molecule has 0 spiro atoms. The largest absolute Gasteiger partial charge is 0.490 e. The molecule has 128 valence electrons. The van der Waals surface area contributed by atoms with Crippen molar-refractivity contribution in [3.8, 4) is 11.5 Å². The van der Waals surface area contributed by atoms with Crippen molar-refractivity contribution in [1.82, 2.24) is 10.6 Å². The first kappa shape index (κ1) is 17.6. The molecule has 5 nitrogen and oxygen atoms in total. The third-order valence-corrected chi connectivity index (χ3v) is 3.88. The van der Waals surface area contributed by atoms with Gasteiger partial charge in [-0.05, 0) is 58.2 Å². The van der Waals surface area contributed by atoms with Crippen LogP contribution >= 0.6 is 0 Å². The first-order valence-electron chi connectivity index (χ1n) is 8.51. The number of carbonyl (C=O) groups excluding carboxylic acids is 1. The second-order valence-corrected chi connectivity index (χ2v) is 5.97. The summed E-state index contributed by atoms with van der Waals surface area (Å²) >= 11 is 0. The van der Waals surface area contributed by atoms with Crippen molar-refractivity contribution in [2.45, 2.75) is 58.7 Å². The maximum atomic E-state index is 12.1. The van der Waals surface area contributed by atoms with Crippen LogP contribution in [0.3, 0.4) is 0 Å². The number of ether oxygens (including phenoxy) is 2. The van der Waals surface area contributed by atoms with E-state index in [4.69, 9.17) is 9.47 Å². The lowest BCUT2D eigenvalue weighted by atomic mass is 10.1. The first-order valence-corrected chi connectivity index (χ1v) is 8.51. The lowest BCUT2D eigenvalue weighted by Gasteiger charge is -2.21. The molecule has 0 bridgehead atoms. The Morgan fingerprint density at radius 1 is 1.17 bits per heavy atom. The van der Waals surface area contributed by atoms with Crippen LogP contribution in [-0.4, -0.2) is 31.2 Å². The fourth-order valence-corrected chi connectivity index (χ4v) is 2.44. The molecule has 0 heterocycles. The summed E-state index contributed by atoms with van der Waals surface area (Å²) in [4.78, 5) is 12.1. The number of benzene rings is 1. The molecule has 1 amide bonds. The summed E-state index contributed by atoms with van der Waals surface area (Å²) in [7, 11) is 0. The summed E-state index contributed by atoms with van der Waals surface area (Å²) in [6, 6.07) is 6.13. The molecule has 0 unspecified atom stereocenters. The number of hydrogen-bond donors (Lipinski definition) is 2. The molecule has 2 atom stereocenters. The van der Waals surface area contributed by atoms with Crippen molar-refractivity contribution in [3.05, 3.63) is 23.8 Å². The molecule has 1 aromatic carbocycles. The standard InChI is InChI=1S/C18H28N2O3/c1-5-22-16-10-7-14(11-17(16)23-6-2)12(3)19-13(4)18(21)20-15-8-9-15/h7,10-13,15,19H,5-6,8-9H2,1-4H3,(H,20,21)/t12-,13-/m0/s1. The van der Waals surface area contributed by atoms with Gasteiger partial charge in [0, 0.05) is 12.1 Å². The number of carbonyl (C=O) groups is 1. The predicted octanol–water partition coefficient (Wildman–Crippen LogP) is 2.80. The van der Waals surface area contributed by atoms with E-state index in [2.05, 4.69) is 10.6 Å². The second-order valence-electron chi connectivity index (χ2n) is 5.97. The van der Waals surface area contributed by atoms with E-state index in [0.717, 1.165) is 29.9 Å². The number of rotatable bonds is 9. The molecule has 0 saturated heterocycles. The van der Waals surface area contributed by atoms with Gasteiger partial charge in [0.05, 0.1) is 19.3 Å². The molecule has 2 rings (SSSR count). The molecule has 23 heavy (non-hydrogen) atoms. The van der Waals surface area contributed by atoms with Gasteiger partial charge in [-0.1, -0.05) is 6.07 Å². The van der Waals surface area contributed by atoms with Crippen LogP contribution in [0.15, 0.2) is 18.2 Å². The van der Waals surface area contributed by atoms with Gasteiger partial charge < -0.3 is 14.8 Å². The Morgan fingerprint density at radius 2 is 1.83 bits per heavy atom. The highest BCUT2D eigenvalue weighted by molar-refractivity contribution is 5.81. The molecule has 0 aromatic heterocycles. The van der Waals surface area contributed by atoms with Crippen LogP contribution in [0.4, 0.5) is 0 Å². The van der Waals surface area contributed by atoms with Crippen molar-refractivity contribution < 1.29 is 14.3 Å². The molecule has 1 fully saturated rings. The van der Waals surface area contributed by atoms with E-state index in [0.29, 0.717) is 19.3 Å². The summed E-state index contributed by atoms with van der Waals surface area (Å²) in [6.45, 7) is 9.04. The van der Waals surface area contributed by atoms with Crippen molar-refractivity contribution in [1.29, 1.82) is 0 Å². The van der Waals surface area contributed by atoms with E-state index in [1.165, 1.54) is 0 Å². The first-order chi connectivity index (χ1) is 11.0. The van der Waals surface area contributed by atoms with E-state index >= 15 is 0 Å². The molecule has 2 N–H and O–H groups in total. The molecular weight excluding hydrogens is 292 g/mol.